The van der Waals surface area contributed by atoms with Crippen molar-refractivity contribution in [1.29, 1.82) is 5.26 Å². The number of ketones is 1. The fourth-order valence-corrected chi connectivity index (χ4v) is 2.66. The molecule has 106 valence electrons. The molecule has 0 unspecified atom stereocenters. The van der Waals surface area contributed by atoms with Crippen molar-refractivity contribution in [3.8, 4) is 6.07 Å². The van der Waals surface area contributed by atoms with Gasteiger partial charge >= 0.3 is 0 Å². The fourth-order valence-electron chi connectivity index (χ4n) is 1.76. The normalized spacial score (nSPS) is 11.0. The predicted octanol–water partition coefficient (Wildman–Crippen LogP) is 4.26. The highest BCUT2D eigenvalue weighted by atomic mass is 35.5. The molecular weight excluding hydrogens is 304 g/mol. The van der Waals surface area contributed by atoms with E-state index < -0.39 is 0 Å². The van der Waals surface area contributed by atoms with Crippen molar-refractivity contribution < 1.29 is 4.79 Å². The number of rotatable bonds is 4. The van der Waals surface area contributed by atoms with E-state index in [-0.39, 0.29) is 11.4 Å². The minimum absolute atomic E-state index is 0.0805. The molecule has 3 nitrogen and oxygen atoms in total. The summed E-state index contributed by atoms with van der Waals surface area (Å²) in [5.74, 6) is -0.278. The van der Waals surface area contributed by atoms with Crippen LogP contribution in [0, 0.1) is 11.3 Å². The lowest BCUT2D eigenvalue weighted by atomic mass is 10.1. The fraction of sp³-hybridized carbons (Fsp3) is 0.125. The van der Waals surface area contributed by atoms with Crippen molar-refractivity contribution in [3.63, 3.8) is 0 Å². The number of Topliss-reactive ketones (excluding diaryl/α,β-unsaturated/α-hetero) is 1. The van der Waals surface area contributed by atoms with Gasteiger partial charge in [0.1, 0.15) is 11.6 Å². The number of hydrogen-bond donors (Lipinski definition) is 0. The molecule has 21 heavy (non-hydrogen) atoms. The highest BCUT2D eigenvalue weighted by Crippen LogP contribution is 2.25. The number of thiophene rings is 1. The quantitative estimate of drug-likeness (QED) is 0.481. The molecule has 2 aromatic rings. The van der Waals surface area contributed by atoms with Gasteiger partial charge in [0, 0.05) is 24.8 Å². The summed E-state index contributed by atoms with van der Waals surface area (Å²) in [6, 6.07) is 10.9. The van der Waals surface area contributed by atoms with Crippen LogP contribution >= 0.6 is 22.9 Å². The smallest absolute Gasteiger partial charge is 0.213 e. The number of hydrogen-bond acceptors (Lipinski definition) is 4. The average molecular weight is 317 g/mol. The molecule has 0 fully saturated rings. The van der Waals surface area contributed by atoms with Gasteiger partial charge in [-0.15, -0.1) is 11.3 Å². The number of carbonyl (C=O) groups is 1. The molecule has 1 heterocycles. The van der Waals surface area contributed by atoms with Crippen LogP contribution in [0.15, 0.2) is 41.3 Å². The SMILES string of the molecule is CN(C)c1ccc(/C=C(\C#N)C(=O)c2cccs2)c(Cl)c1. The Kier molecular flexibility index (Phi) is 4.79. The molecule has 0 aliphatic rings. The zero-order valence-corrected chi connectivity index (χ0v) is 13.2. The first kappa shape index (κ1) is 15.3. The number of carbonyl (C=O) groups excluding carboxylic acids is 1. The van der Waals surface area contributed by atoms with Gasteiger partial charge in [-0.05, 0) is 35.2 Å². The molecule has 1 aromatic heterocycles. The highest BCUT2D eigenvalue weighted by molar-refractivity contribution is 7.12. The second-order valence-corrected chi connectivity index (χ2v) is 5.93. The van der Waals surface area contributed by atoms with Crippen LogP contribution in [0.5, 0.6) is 0 Å². The number of anilines is 1. The molecule has 0 atom stereocenters. The molecule has 0 saturated carbocycles. The Bertz CT molecular complexity index is 727. The van der Waals surface area contributed by atoms with Gasteiger partial charge in [-0.1, -0.05) is 23.7 Å². The Morgan fingerprint density at radius 1 is 1.38 bits per heavy atom. The molecule has 5 heteroatoms. The van der Waals surface area contributed by atoms with Crippen LogP contribution in [0.1, 0.15) is 15.2 Å². The van der Waals surface area contributed by atoms with Crippen LogP contribution in [0.4, 0.5) is 5.69 Å². The molecule has 0 aliphatic carbocycles. The van der Waals surface area contributed by atoms with Crippen molar-refractivity contribution in [2.24, 2.45) is 0 Å². The monoisotopic (exact) mass is 316 g/mol. The lowest BCUT2D eigenvalue weighted by molar-refractivity contribution is 0.104. The van der Waals surface area contributed by atoms with Gasteiger partial charge in [0.05, 0.1) is 4.88 Å². The van der Waals surface area contributed by atoms with E-state index in [1.54, 1.807) is 29.6 Å². The van der Waals surface area contributed by atoms with Crippen LogP contribution in [0.3, 0.4) is 0 Å². The van der Waals surface area contributed by atoms with Gasteiger partial charge in [0.25, 0.3) is 0 Å². The van der Waals surface area contributed by atoms with Gasteiger partial charge in [0.2, 0.25) is 5.78 Å². The maximum Gasteiger partial charge on any atom is 0.213 e. The summed E-state index contributed by atoms with van der Waals surface area (Å²) in [7, 11) is 3.84. The number of nitrogens with zero attached hydrogens (tertiary/aromatic N) is 2. The Labute approximate surface area is 132 Å². The zero-order valence-electron chi connectivity index (χ0n) is 11.6. The minimum Gasteiger partial charge on any atom is -0.378 e. The molecular formula is C16H13ClN2OS. The third-order valence-corrected chi connectivity index (χ3v) is 4.11. The summed E-state index contributed by atoms with van der Waals surface area (Å²) in [4.78, 5) is 14.7. The Hall–Kier alpha value is -2.09. The average Bonchev–Trinajstić information content (AvgIpc) is 2.99. The van der Waals surface area contributed by atoms with E-state index >= 15 is 0 Å². The lowest BCUT2D eigenvalue weighted by Crippen LogP contribution is -2.08. The van der Waals surface area contributed by atoms with Crippen molar-refractivity contribution in [3.05, 3.63) is 56.7 Å². The Morgan fingerprint density at radius 2 is 2.14 bits per heavy atom. The van der Waals surface area contributed by atoms with Gasteiger partial charge in [-0.25, -0.2) is 0 Å². The molecule has 0 radical (unpaired) electrons. The molecule has 0 N–H and O–H groups in total. The van der Waals surface area contributed by atoms with Crippen molar-refractivity contribution >= 4 is 40.5 Å². The summed E-state index contributed by atoms with van der Waals surface area (Å²) in [5.41, 5.74) is 1.70. The number of nitriles is 1. The summed E-state index contributed by atoms with van der Waals surface area (Å²) >= 11 is 7.53. The summed E-state index contributed by atoms with van der Waals surface area (Å²) in [5, 5.41) is 11.5. The second-order valence-electron chi connectivity index (χ2n) is 4.58. The van der Waals surface area contributed by atoms with Crippen LogP contribution < -0.4 is 4.90 Å². The number of halogens is 1. The molecule has 0 amide bonds. The van der Waals surface area contributed by atoms with Crippen LogP contribution in [0.2, 0.25) is 5.02 Å². The van der Waals surface area contributed by atoms with Gasteiger partial charge in [-0.2, -0.15) is 5.26 Å². The second kappa shape index (κ2) is 6.57. The molecule has 0 spiro atoms. The third kappa shape index (κ3) is 3.52. The summed E-state index contributed by atoms with van der Waals surface area (Å²) in [6.07, 6.45) is 1.53. The van der Waals surface area contributed by atoms with E-state index in [2.05, 4.69) is 0 Å². The predicted molar refractivity (Wildman–Crippen MR) is 88.0 cm³/mol. The summed E-state index contributed by atoms with van der Waals surface area (Å²) in [6.45, 7) is 0. The molecule has 1 aromatic carbocycles. The van der Waals surface area contributed by atoms with Crippen molar-refractivity contribution in [2.75, 3.05) is 19.0 Å². The van der Waals surface area contributed by atoms with Crippen LogP contribution in [0.25, 0.3) is 6.08 Å². The Morgan fingerprint density at radius 3 is 2.67 bits per heavy atom. The van der Waals surface area contributed by atoms with E-state index in [0.29, 0.717) is 15.5 Å². The van der Waals surface area contributed by atoms with E-state index in [1.807, 2.05) is 31.1 Å². The first-order valence-electron chi connectivity index (χ1n) is 6.20. The number of allylic oxidation sites excluding steroid dienone is 1. The Balaban J connectivity index is 2.37. The maximum absolute atomic E-state index is 12.2. The zero-order chi connectivity index (χ0) is 15.4. The largest absolute Gasteiger partial charge is 0.378 e. The van der Waals surface area contributed by atoms with E-state index in [4.69, 9.17) is 11.6 Å². The molecule has 0 aliphatic heterocycles. The highest BCUT2D eigenvalue weighted by Gasteiger charge is 2.13. The molecule has 0 saturated heterocycles. The lowest BCUT2D eigenvalue weighted by Gasteiger charge is -2.13. The van der Waals surface area contributed by atoms with Crippen LogP contribution in [-0.2, 0) is 0 Å². The minimum atomic E-state index is -0.278. The van der Waals surface area contributed by atoms with E-state index in [9.17, 15) is 10.1 Å². The van der Waals surface area contributed by atoms with Crippen molar-refractivity contribution in [2.45, 2.75) is 0 Å². The first-order valence-corrected chi connectivity index (χ1v) is 7.45. The standard InChI is InChI=1S/C16H13ClN2OS/c1-19(2)13-6-5-11(14(17)9-13)8-12(10-18)16(20)15-4-3-7-21-15/h3-9H,1-2H3/b12-8+. The topological polar surface area (TPSA) is 44.1 Å². The number of benzene rings is 1. The van der Waals surface area contributed by atoms with E-state index in [0.717, 1.165) is 5.69 Å². The molecule has 0 bridgehead atoms. The maximum atomic E-state index is 12.2. The van der Waals surface area contributed by atoms with Gasteiger partial charge in [0.15, 0.2) is 0 Å². The summed E-state index contributed by atoms with van der Waals surface area (Å²) < 4.78 is 0. The molecule has 2 rings (SSSR count). The van der Waals surface area contributed by atoms with Gasteiger partial charge < -0.3 is 4.90 Å². The van der Waals surface area contributed by atoms with Crippen molar-refractivity contribution in [1.82, 2.24) is 0 Å². The van der Waals surface area contributed by atoms with E-state index in [1.165, 1.54) is 17.4 Å². The third-order valence-electron chi connectivity index (χ3n) is 2.91. The van der Waals surface area contributed by atoms with Gasteiger partial charge in [-0.3, -0.25) is 4.79 Å². The first-order chi connectivity index (χ1) is 10.0. The van der Waals surface area contributed by atoms with Crippen LogP contribution in [-0.4, -0.2) is 19.9 Å².